The molecule has 0 aliphatic heterocycles. The van der Waals surface area contributed by atoms with Gasteiger partial charge in [0.2, 0.25) is 0 Å². The van der Waals surface area contributed by atoms with Gasteiger partial charge in [-0.2, -0.15) is 0 Å². The minimum absolute atomic E-state index is 0.360. The lowest BCUT2D eigenvalue weighted by atomic mass is 10.1. The molecule has 0 saturated carbocycles. The van der Waals surface area contributed by atoms with Crippen molar-refractivity contribution in [3.63, 3.8) is 0 Å². The first-order valence-electron chi connectivity index (χ1n) is 6.16. The molecule has 1 aromatic heterocycles. The lowest BCUT2D eigenvalue weighted by Gasteiger charge is -2.00. The van der Waals surface area contributed by atoms with Crippen molar-refractivity contribution in [2.75, 3.05) is 0 Å². The average Bonchev–Trinajstić information content (AvgIpc) is 2.78. The van der Waals surface area contributed by atoms with Gasteiger partial charge in [-0.25, -0.2) is 0 Å². The quantitative estimate of drug-likeness (QED) is 0.480. The molecule has 0 nitrogen and oxygen atoms in total. The van der Waals surface area contributed by atoms with Crippen molar-refractivity contribution in [2.45, 2.75) is 12.4 Å². The zero-order valence-corrected chi connectivity index (χ0v) is 11.6. The zero-order chi connectivity index (χ0) is 14.3. The molecule has 0 radical (unpaired) electrons. The Balaban J connectivity index is 2.37. The Bertz CT molecular complexity index is 754. The van der Waals surface area contributed by atoms with Gasteiger partial charge in [-0.15, -0.1) is 13.2 Å². The van der Waals surface area contributed by atoms with Crippen molar-refractivity contribution >= 4 is 20.6 Å². The van der Waals surface area contributed by atoms with Crippen LogP contribution in [-0.2, 0) is 5.51 Å². The van der Waals surface area contributed by atoms with E-state index in [-0.39, 0.29) is 0 Å². The number of hydrogen-bond acceptors (Lipinski definition) is 0. The molecule has 1 atom stereocenters. The number of aryl methyl sites for hydroxylation is 1. The summed E-state index contributed by atoms with van der Waals surface area (Å²) in [6.07, 6.45) is 0. The second kappa shape index (κ2) is 4.63. The normalized spacial score (nSPS) is 12.9. The van der Waals surface area contributed by atoms with Crippen LogP contribution in [-0.4, -0.2) is 0 Å². The molecule has 3 rings (SSSR count). The number of rotatable bonds is 1. The molecule has 0 aliphatic carbocycles. The molecule has 20 heavy (non-hydrogen) atoms. The first kappa shape index (κ1) is 13.2. The Morgan fingerprint density at radius 1 is 0.900 bits per heavy atom. The third-order valence-electron chi connectivity index (χ3n) is 3.19. The third-order valence-corrected chi connectivity index (χ3v) is 5.23. The second-order valence-corrected chi connectivity index (χ2v) is 6.62. The first-order chi connectivity index (χ1) is 9.47. The van der Waals surface area contributed by atoms with Gasteiger partial charge < -0.3 is 0 Å². The van der Waals surface area contributed by atoms with E-state index in [0.29, 0.717) is 20.5 Å². The van der Waals surface area contributed by atoms with Gasteiger partial charge in [0, 0.05) is 23.1 Å². The van der Waals surface area contributed by atoms with Crippen molar-refractivity contribution in [3.8, 4) is 10.4 Å². The number of hydrogen-bond donors (Lipinski definition) is 0. The van der Waals surface area contributed by atoms with Gasteiger partial charge in [-0.3, -0.25) is 0 Å². The minimum Gasteiger partial charge on any atom is -0.118 e. The van der Waals surface area contributed by atoms with Crippen LogP contribution < -0.4 is 0 Å². The number of thiophene rings is 1. The van der Waals surface area contributed by atoms with Gasteiger partial charge in [-0.1, -0.05) is 24.3 Å². The van der Waals surface area contributed by atoms with Crippen molar-refractivity contribution in [1.29, 1.82) is 0 Å². The van der Waals surface area contributed by atoms with Gasteiger partial charge in [0.05, 0.1) is 0 Å². The fourth-order valence-electron chi connectivity index (χ4n) is 2.31. The van der Waals surface area contributed by atoms with Crippen LogP contribution in [0.3, 0.4) is 0 Å². The molecule has 102 valence electrons. The Hall–Kier alpha value is -1.81. The molecule has 0 bridgehead atoms. The highest BCUT2D eigenvalue weighted by molar-refractivity contribution is 7.41. The van der Waals surface area contributed by atoms with E-state index in [1.165, 1.54) is 0 Å². The highest BCUT2D eigenvalue weighted by Crippen LogP contribution is 2.54. The van der Waals surface area contributed by atoms with Crippen molar-refractivity contribution in [2.24, 2.45) is 0 Å². The summed E-state index contributed by atoms with van der Waals surface area (Å²) in [6.45, 7) is 1.82. The summed E-state index contributed by atoms with van der Waals surface area (Å²) in [5.41, 5.74) is -2.75. The molecule has 0 N–H and O–H groups in total. The average molecular weight is 293 g/mol. The molecular weight excluding hydrogens is 281 g/mol. The van der Waals surface area contributed by atoms with Crippen molar-refractivity contribution in [3.05, 3.63) is 60.2 Å². The fraction of sp³-hybridized carbons (Fsp3) is 0.125. The highest BCUT2D eigenvalue weighted by Gasteiger charge is 2.48. The molecular formula is C16H12F3S+. The van der Waals surface area contributed by atoms with Crippen LogP contribution in [0.4, 0.5) is 13.2 Å². The maximum absolute atomic E-state index is 13.5. The van der Waals surface area contributed by atoms with Crippen LogP contribution in [0.2, 0.25) is 0 Å². The molecule has 0 aliphatic rings. The van der Waals surface area contributed by atoms with Gasteiger partial charge in [-0.05, 0) is 30.7 Å². The molecule has 0 fully saturated rings. The monoisotopic (exact) mass is 293 g/mol. The van der Waals surface area contributed by atoms with Crippen LogP contribution in [0.15, 0.2) is 54.6 Å². The van der Waals surface area contributed by atoms with Gasteiger partial charge >= 0.3 is 5.51 Å². The zero-order valence-electron chi connectivity index (χ0n) is 10.7. The van der Waals surface area contributed by atoms with E-state index >= 15 is 0 Å². The topological polar surface area (TPSA) is 0 Å². The molecule has 1 unspecified atom stereocenters. The molecule has 3 aromatic rings. The van der Waals surface area contributed by atoms with Crippen LogP contribution in [0, 0.1) is 6.92 Å². The maximum Gasteiger partial charge on any atom is 0.601 e. The van der Waals surface area contributed by atoms with E-state index < -0.39 is 16.0 Å². The Morgan fingerprint density at radius 2 is 1.60 bits per heavy atom. The van der Waals surface area contributed by atoms with E-state index in [1.807, 2.05) is 19.1 Å². The van der Waals surface area contributed by atoms with E-state index in [4.69, 9.17) is 0 Å². The molecule has 0 saturated heterocycles. The van der Waals surface area contributed by atoms with E-state index in [2.05, 4.69) is 0 Å². The summed E-state index contributed by atoms with van der Waals surface area (Å²) in [7, 11) is -1.86. The number of alkyl halides is 3. The number of benzene rings is 2. The SMILES string of the molecule is Cc1ccc2cc(-c3ccccc3)[s+](C(F)(F)F)c2c1. The standard InChI is InChI=1S/C16H12F3S/c1-11-7-8-13-10-15(12-5-3-2-4-6-12)20(14(13)9-11)16(17,18)19/h2-10H,1H3/q+1. The summed E-state index contributed by atoms with van der Waals surface area (Å²) >= 11 is 0. The van der Waals surface area contributed by atoms with Crippen molar-refractivity contribution < 1.29 is 13.2 Å². The lowest BCUT2D eigenvalue weighted by Crippen LogP contribution is -1.96. The minimum atomic E-state index is -4.25. The third kappa shape index (κ3) is 2.20. The van der Waals surface area contributed by atoms with Crippen LogP contribution in [0.25, 0.3) is 20.5 Å². The fourth-order valence-corrected chi connectivity index (χ4v) is 4.33. The van der Waals surface area contributed by atoms with Gasteiger partial charge in [0.1, 0.15) is 10.5 Å². The Morgan fingerprint density at radius 3 is 2.25 bits per heavy atom. The van der Waals surface area contributed by atoms with Crippen LogP contribution >= 0.6 is 10.5 Å². The summed E-state index contributed by atoms with van der Waals surface area (Å²) in [5, 5.41) is 0.676. The Labute approximate surface area is 117 Å². The first-order valence-corrected chi connectivity index (χ1v) is 7.38. The van der Waals surface area contributed by atoms with Gasteiger partial charge in [0.25, 0.3) is 0 Å². The molecule has 4 heteroatoms. The largest absolute Gasteiger partial charge is 0.601 e. The van der Waals surface area contributed by atoms with E-state index in [1.54, 1.807) is 42.5 Å². The van der Waals surface area contributed by atoms with Crippen LogP contribution in [0.1, 0.15) is 5.56 Å². The second-order valence-electron chi connectivity index (χ2n) is 4.67. The summed E-state index contributed by atoms with van der Waals surface area (Å²) in [5.74, 6) is 0. The lowest BCUT2D eigenvalue weighted by molar-refractivity contribution is -0.0864. The summed E-state index contributed by atoms with van der Waals surface area (Å²) in [4.78, 5) is 0.360. The highest BCUT2D eigenvalue weighted by atomic mass is 32.2. The summed E-state index contributed by atoms with van der Waals surface area (Å²) < 4.78 is 40.8. The van der Waals surface area contributed by atoms with Crippen molar-refractivity contribution in [1.82, 2.24) is 0 Å². The molecule has 2 aromatic carbocycles. The number of halogens is 3. The smallest absolute Gasteiger partial charge is 0.118 e. The predicted molar refractivity (Wildman–Crippen MR) is 77.9 cm³/mol. The molecule has 0 amide bonds. The van der Waals surface area contributed by atoms with Gasteiger partial charge in [0.15, 0.2) is 9.58 Å². The molecule has 0 spiro atoms. The van der Waals surface area contributed by atoms with Crippen LogP contribution in [0.5, 0.6) is 0 Å². The predicted octanol–water partition coefficient (Wildman–Crippen LogP) is 6.04. The van der Waals surface area contributed by atoms with E-state index in [9.17, 15) is 13.2 Å². The van der Waals surface area contributed by atoms with E-state index in [0.717, 1.165) is 5.56 Å². The molecule has 1 heterocycles. The Kier molecular flexibility index (Phi) is 3.05. The summed E-state index contributed by atoms with van der Waals surface area (Å²) in [6, 6.07) is 15.7. The number of fused-ring (bicyclic) bond motifs is 1. The maximum atomic E-state index is 13.5.